The summed E-state index contributed by atoms with van der Waals surface area (Å²) in [5.74, 6) is -24.3. The molecule has 1 heterocycles. The summed E-state index contributed by atoms with van der Waals surface area (Å²) in [7, 11) is 0. The maximum absolute atomic E-state index is 14.5. The van der Waals surface area contributed by atoms with Gasteiger partial charge in [-0.25, -0.2) is 4.79 Å². The summed E-state index contributed by atoms with van der Waals surface area (Å²) in [5, 5.41) is 82.5. The molecule has 0 unspecified atom stereocenters. The van der Waals surface area contributed by atoms with E-state index in [1.165, 1.54) is 32.6 Å². The number of unbranched alkanes of at least 4 members (excludes halogenated alkanes) is 1. The third kappa shape index (κ3) is 39.5. The van der Waals surface area contributed by atoms with E-state index in [9.17, 15) is 126 Å². The number of aliphatic hydroxyl groups excluding tert-OH is 3. The molecule has 129 heavy (non-hydrogen) atoms. The standard InChI is InChI=1S/C79H129N23O26S/c1-13-37(5)60(75(123)87-31-56(109)84-30-55(108)85-32-57(110)92-50(34-103)72(120)89-40(8)64(112)95-49(29-54(83)107)71(119)98-59(36(3)4)79(127)128)99-74(122)52-24-20-26-102(52)78(126)61(38(6)14-2)100-67(115)42(10)91-76(124)62(43(11)104)97-58(111)33-86-69(117)48(28-53(82)106)94-65(113)41(9)90-77(125)63(44(12)105)101-70(118)47(23-18-19-25-80)93-73(121)51(35-129)96-66(114)39(7)88-68(116)46(81)27-45-21-16-15-17-22-45/h15-17,21-22,36-44,46-52,59-63,103-105,129H,13-14,18-20,23-35,80-81H2,1-12H3,(H2,82,106)(H2,83,107)(H,84,109)(H,85,108)(H,86,117)(H,87,123)(H,88,116)(H,89,120)(H,90,125)(H,91,124)(H,92,110)(H,93,121)(H,94,113)(H,95,112)(H,96,114)(H,97,111)(H,98,119)(H,99,122)(H,100,115)(H,101,118)(H,127,128)/t37-,38-,39-,40-,41-,42-,43+,44+,46-,47-,48-,49-,50-,51-,52-,59-,60-,61-,62-,63-/m0/s1. The van der Waals surface area contributed by atoms with Gasteiger partial charge in [0.05, 0.1) is 63.9 Å². The number of rotatable bonds is 57. The first-order valence-corrected chi connectivity index (χ1v) is 42.6. The molecule has 1 aliphatic heterocycles. The smallest absolute Gasteiger partial charge is 0.326 e. The predicted molar refractivity (Wildman–Crippen MR) is 461 cm³/mol. The minimum absolute atomic E-state index is 0.0156. The van der Waals surface area contributed by atoms with Gasteiger partial charge in [0.25, 0.3) is 0 Å². The molecule has 0 radical (unpaired) electrons. The molecule has 1 saturated heterocycles. The van der Waals surface area contributed by atoms with E-state index in [0.717, 1.165) is 33.3 Å². The highest BCUT2D eigenvalue weighted by Crippen LogP contribution is 2.23. The molecule has 0 saturated carbocycles. The second-order valence-electron chi connectivity index (χ2n) is 31.6. The number of carbonyl (C=O) groups is 22. The Bertz CT molecular complexity index is 4090. The van der Waals surface area contributed by atoms with Crippen molar-refractivity contribution in [2.75, 3.05) is 51.6 Å². The largest absolute Gasteiger partial charge is 0.480 e. The molecule has 0 bridgehead atoms. The van der Waals surface area contributed by atoms with Gasteiger partial charge >= 0.3 is 5.97 Å². The Hall–Kier alpha value is -12.3. The maximum Gasteiger partial charge on any atom is 0.326 e. The molecule has 50 heteroatoms. The van der Waals surface area contributed by atoms with Crippen LogP contribution in [0.15, 0.2) is 30.3 Å². The average Bonchev–Trinajstić information content (AvgIpc) is 1.56. The number of aliphatic carboxylic acids is 1. The van der Waals surface area contributed by atoms with E-state index in [1.54, 1.807) is 58.0 Å². The number of thiol groups is 1. The van der Waals surface area contributed by atoms with E-state index < -0.39 is 302 Å². The minimum Gasteiger partial charge on any atom is -0.480 e. The molecule has 1 aromatic carbocycles. The van der Waals surface area contributed by atoms with E-state index >= 15 is 0 Å². The number of nitrogens with zero attached hydrogens (tertiary/aromatic N) is 1. The molecule has 20 atom stereocenters. The fraction of sp³-hybridized carbons (Fsp3) is 0.646. The van der Waals surface area contributed by atoms with Crippen molar-refractivity contribution in [3.63, 3.8) is 0 Å². The first-order chi connectivity index (χ1) is 60.5. The Morgan fingerprint density at radius 2 is 0.837 bits per heavy atom. The van der Waals surface area contributed by atoms with E-state index in [1.807, 2.05) is 0 Å². The highest BCUT2D eigenvalue weighted by molar-refractivity contribution is 7.80. The number of primary amides is 2. The lowest BCUT2D eigenvalue weighted by molar-refractivity contribution is -0.144. The maximum atomic E-state index is 14.5. The molecular weight excluding hydrogens is 1720 g/mol. The topological polar surface area (TPSA) is 780 Å². The molecule has 0 aromatic heterocycles. The Labute approximate surface area is 750 Å². The SMILES string of the molecule is CC[C@H](C)[C@H](NC(=O)[C@@H]1CCCN1C(=O)[C@@H](NC(=O)[C@H](C)NC(=O)[C@@H](NC(=O)CNC(=O)[C@H](CC(N)=O)NC(=O)[C@H](C)NC(=O)[C@@H](NC(=O)[C@H](CCCCN)NC(=O)[C@H](CS)NC(=O)[C@H](C)NC(=O)[C@@H](N)Cc1ccccc1)[C@@H](C)O)[C@@H](C)O)[C@@H](C)CC)C(=O)NCC(=O)NCC(=O)NCC(=O)N[C@@H](CO)C(=O)N[C@@H](C)C(=O)N[C@@H](CC(N)=O)C(=O)N[C@H](C(=O)O)C(C)C. The summed E-state index contributed by atoms with van der Waals surface area (Å²) < 4.78 is 0. The molecule has 49 nitrogen and oxygen atoms in total. The van der Waals surface area contributed by atoms with Gasteiger partial charge in [0.15, 0.2) is 0 Å². The van der Waals surface area contributed by atoms with Crippen molar-refractivity contribution in [3.05, 3.63) is 35.9 Å². The third-order valence-corrected chi connectivity index (χ3v) is 20.8. The number of hydrogen-bond donors (Lipinski definition) is 27. The number of aliphatic hydroxyl groups is 3. The van der Waals surface area contributed by atoms with Crippen molar-refractivity contribution in [2.24, 2.45) is 40.7 Å². The highest BCUT2D eigenvalue weighted by atomic mass is 32.1. The van der Waals surface area contributed by atoms with Crippen LogP contribution in [0.1, 0.15) is 146 Å². The summed E-state index contributed by atoms with van der Waals surface area (Å²) in [6.45, 7) is 12.6. The lowest BCUT2D eigenvalue weighted by Gasteiger charge is -2.33. The van der Waals surface area contributed by atoms with Crippen LogP contribution in [0.3, 0.4) is 0 Å². The monoisotopic (exact) mass is 1850 g/mol. The summed E-state index contributed by atoms with van der Waals surface area (Å²) in [6, 6.07) is -14.9. The lowest BCUT2D eigenvalue weighted by atomic mass is 9.96. The summed E-state index contributed by atoms with van der Waals surface area (Å²) in [4.78, 5) is 292. The summed E-state index contributed by atoms with van der Waals surface area (Å²) >= 11 is 4.19. The number of amides is 21. The quantitative estimate of drug-likeness (QED) is 0.0213. The highest BCUT2D eigenvalue weighted by Gasteiger charge is 2.43. The Kier molecular flexibility index (Phi) is 49.7. The third-order valence-electron chi connectivity index (χ3n) is 20.5. The number of likely N-dealkylation sites (tertiary alicyclic amines) is 1. The molecule has 0 aliphatic carbocycles. The van der Waals surface area contributed by atoms with Gasteiger partial charge < -0.3 is 144 Å². The van der Waals surface area contributed by atoms with Gasteiger partial charge in [0, 0.05) is 12.3 Å². The number of carbonyl (C=O) groups excluding carboxylic acids is 21. The minimum atomic E-state index is -1.84. The lowest BCUT2D eigenvalue weighted by Crippen LogP contribution is -2.61. The van der Waals surface area contributed by atoms with E-state index in [4.69, 9.17) is 22.9 Å². The van der Waals surface area contributed by atoms with Crippen LogP contribution in [-0.2, 0) is 112 Å². The van der Waals surface area contributed by atoms with E-state index in [-0.39, 0.29) is 50.9 Å². The van der Waals surface area contributed by atoms with Crippen LogP contribution in [0.4, 0.5) is 0 Å². The molecule has 1 aromatic rings. The first kappa shape index (κ1) is 113. The van der Waals surface area contributed by atoms with Crippen LogP contribution in [0.25, 0.3) is 0 Å². The van der Waals surface area contributed by atoms with Gasteiger partial charge in [-0.3, -0.25) is 101 Å². The molecular formula is C79H129N23O26S. The molecule has 30 N–H and O–H groups in total. The van der Waals surface area contributed by atoms with Gasteiger partial charge in [0.1, 0.15) is 90.6 Å². The number of benzene rings is 1. The van der Waals surface area contributed by atoms with Crippen LogP contribution >= 0.6 is 12.6 Å². The Morgan fingerprint density at radius 3 is 1.32 bits per heavy atom. The van der Waals surface area contributed by atoms with E-state index in [2.05, 4.69) is 108 Å². The van der Waals surface area contributed by atoms with Gasteiger partial charge in [-0.1, -0.05) is 84.7 Å². The van der Waals surface area contributed by atoms with Crippen LogP contribution in [0, 0.1) is 17.8 Å². The summed E-state index contributed by atoms with van der Waals surface area (Å²) in [6.07, 6.45) is -3.31. The molecule has 722 valence electrons. The van der Waals surface area contributed by atoms with Gasteiger partial charge in [-0.2, -0.15) is 12.6 Å². The van der Waals surface area contributed by atoms with Crippen molar-refractivity contribution in [3.8, 4) is 0 Å². The molecule has 1 aliphatic rings. The normalized spacial score (nSPS) is 16.7. The second kappa shape index (κ2) is 56.8. The molecule has 2 rings (SSSR count). The second-order valence-corrected chi connectivity index (χ2v) is 31.9. The average molecular weight is 1850 g/mol. The van der Waals surface area contributed by atoms with Crippen LogP contribution in [0.2, 0.25) is 0 Å². The summed E-state index contributed by atoms with van der Waals surface area (Å²) in [5.41, 5.74) is 23.1. The van der Waals surface area contributed by atoms with Gasteiger partial charge in [-0.05, 0) is 110 Å². The zero-order valence-electron chi connectivity index (χ0n) is 74.2. The molecule has 0 spiro atoms. The molecule has 1 fully saturated rings. The Balaban J connectivity index is 2.06. The fourth-order valence-electron chi connectivity index (χ4n) is 12.3. The van der Waals surface area contributed by atoms with Crippen LogP contribution < -0.4 is 119 Å². The van der Waals surface area contributed by atoms with Crippen molar-refractivity contribution in [1.29, 1.82) is 0 Å². The first-order valence-electron chi connectivity index (χ1n) is 42.0. The van der Waals surface area contributed by atoms with Crippen molar-refractivity contribution in [1.82, 2.24) is 101 Å². The van der Waals surface area contributed by atoms with Crippen LogP contribution in [0.5, 0.6) is 0 Å². The zero-order chi connectivity index (χ0) is 98.0. The zero-order valence-corrected chi connectivity index (χ0v) is 75.1. The van der Waals surface area contributed by atoms with E-state index in [0.29, 0.717) is 19.3 Å². The van der Waals surface area contributed by atoms with Crippen molar-refractivity contribution < 1.29 is 126 Å². The van der Waals surface area contributed by atoms with Crippen molar-refractivity contribution in [2.45, 2.75) is 256 Å². The van der Waals surface area contributed by atoms with Crippen LogP contribution in [-0.4, -0.2) is 316 Å². The van der Waals surface area contributed by atoms with Crippen molar-refractivity contribution >= 4 is 143 Å². The number of hydrogen-bond acceptors (Lipinski definition) is 28. The number of nitrogens with one attached hydrogen (secondary N) is 18. The number of nitrogens with two attached hydrogens (primary N) is 4. The fourth-order valence-corrected chi connectivity index (χ4v) is 12.6. The predicted octanol–water partition coefficient (Wildman–Crippen LogP) is -11.7. The Morgan fingerprint density at radius 1 is 0.434 bits per heavy atom. The molecule has 21 amide bonds. The number of carboxylic acid groups (broad SMARTS) is 1. The van der Waals surface area contributed by atoms with Gasteiger partial charge in [-0.15, -0.1) is 0 Å². The number of carboxylic acids is 1. The van der Waals surface area contributed by atoms with Gasteiger partial charge in [0.2, 0.25) is 124 Å².